The zero-order valence-electron chi connectivity index (χ0n) is 10.7. The van der Waals surface area contributed by atoms with E-state index < -0.39 is 9.84 Å². The molecule has 0 saturated carbocycles. The van der Waals surface area contributed by atoms with Crippen molar-refractivity contribution < 1.29 is 12.8 Å². The van der Waals surface area contributed by atoms with Crippen molar-refractivity contribution in [1.29, 1.82) is 0 Å². The summed E-state index contributed by atoms with van der Waals surface area (Å²) in [7, 11) is -1.02. The highest BCUT2D eigenvalue weighted by atomic mass is 32.2. The van der Waals surface area contributed by atoms with E-state index in [1.54, 1.807) is 6.07 Å². The molecule has 1 heterocycles. The Balaban J connectivity index is 2.11. The molecule has 5 heteroatoms. The lowest BCUT2D eigenvalue weighted by molar-refractivity contribution is 0.154. The standard InChI is InChI=1S/C13H18FNO2S/c1-13(6-7-18(16,17)10-13)15(2)9-11-4-3-5-12(14)8-11/h3-5,8H,6-7,9-10H2,1-2H3/t13-/m1/s1. The Bertz CT molecular complexity index is 544. The van der Waals surface area contributed by atoms with Gasteiger partial charge in [-0.3, -0.25) is 4.90 Å². The van der Waals surface area contributed by atoms with Gasteiger partial charge in [0.1, 0.15) is 5.82 Å². The number of halogens is 1. The third-order valence-corrected chi connectivity index (χ3v) is 5.60. The summed E-state index contributed by atoms with van der Waals surface area (Å²) in [5, 5.41) is 0. The average molecular weight is 271 g/mol. The van der Waals surface area contributed by atoms with Crippen LogP contribution in [-0.2, 0) is 16.4 Å². The molecule has 18 heavy (non-hydrogen) atoms. The van der Waals surface area contributed by atoms with Crippen LogP contribution in [0.4, 0.5) is 4.39 Å². The van der Waals surface area contributed by atoms with Gasteiger partial charge < -0.3 is 0 Å². The third kappa shape index (κ3) is 2.90. The number of hydrogen-bond donors (Lipinski definition) is 0. The van der Waals surface area contributed by atoms with Gasteiger partial charge >= 0.3 is 0 Å². The van der Waals surface area contributed by atoms with Gasteiger partial charge in [0.25, 0.3) is 0 Å². The largest absolute Gasteiger partial charge is 0.296 e. The molecule has 1 aromatic carbocycles. The Kier molecular flexibility index (Phi) is 3.47. The molecule has 0 aliphatic carbocycles. The molecule has 0 radical (unpaired) electrons. The van der Waals surface area contributed by atoms with Crippen molar-refractivity contribution in [3.63, 3.8) is 0 Å². The van der Waals surface area contributed by atoms with Crippen LogP contribution in [0.2, 0.25) is 0 Å². The minimum atomic E-state index is -2.92. The van der Waals surface area contributed by atoms with Gasteiger partial charge in [-0.2, -0.15) is 0 Å². The second-order valence-corrected chi connectivity index (χ2v) is 7.51. The van der Waals surface area contributed by atoms with Crippen LogP contribution in [0.25, 0.3) is 0 Å². The van der Waals surface area contributed by atoms with E-state index in [2.05, 4.69) is 0 Å². The lowest BCUT2D eigenvalue weighted by Crippen LogP contribution is -2.44. The molecule has 3 nitrogen and oxygen atoms in total. The van der Waals surface area contributed by atoms with E-state index in [0.29, 0.717) is 13.0 Å². The van der Waals surface area contributed by atoms with E-state index in [1.165, 1.54) is 12.1 Å². The molecular weight excluding hydrogens is 253 g/mol. The van der Waals surface area contributed by atoms with Gasteiger partial charge in [0, 0.05) is 12.1 Å². The van der Waals surface area contributed by atoms with Crippen LogP contribution in [0, 0.1) is 5.82 Å². The highest BCUT2D eigenvalue weighted by Crippen LogP contribution is 2.29. The highest BCUT2D eigenvalue weighted by Gasteiger charge is 2.41. The fourth-order valence-corrected chi connectivity index (χ4v) is 4.60. The summed E-state index contributed by atoms with van der Waals surface area (Å²) in [5.74, 6) is 0.174. The highest BCUT2D eigenvalue weighted by molar-refractivity contribution is 7.91. The Hall–Kier alpha value is -0.940. The summed E-state index contributed by atoms with van der Waals surface area (Å²) in [6, 6.07) is 6.42. The maximum atomic E-state index is 13.1. The molecule has 0 aromatic heterocycles. The summed E-state index contributed by atoms with van der Waals surface area (Å²) in [4.78, 5) is 2.01. The van der Waals surface area contributed by atoms with Crippen molar-refractivity contribution in [3.8, 4) is 0 Å². The van der Waals surface area contributed by atoms with Crippen LogP contribution in [0.1, 0.15) is 18.9 Å². The summed E-state index contributed by atoms with van der Waals surface area (Å²) in [6.07, 6.45) is 0.640. The van der Waals surface area contributed by atoms with Gasteiger partial charge in [-0.25, -0.2) is 12.8 Å². The minimum absolute atomic E-state index is 0.186. The Labute approximate surface area is 108 Å². The van der Waals surface area contributed by atoms with E-state index in [4.69, 9.17) is 0 Å². The molecule has 1 fully saturated rings. The van der Waals surface area contributed by atoms with Crippen molar-refractivity contribution in [3.05, 3.63) is 35.6 Å². The lowest BCUT2D eigenvalue weighted by atomic mass is 9.99. The molecule has 0 N–H and O–H groups in total. The van der Waals surface area contributed by atoms with Gasteiger partial charge in [0.2, 0.25) is 0 Å². The van der Waals surface area contributed by atoms with E-state index in [-0.39, 0.29) is 22.9 Å². The Morgan fingerprint density at radius 3 is 2.72 bits per heavy atom. The lowest BCUT2D eigenvalue weighted by Gasteiger charge is -2.34. The monoisotopic (exact) mass is 271 g/mol. The first-order valence-electron chi connectivity index (χ1n) is 5.97. The first-order valence-corrected chi connectivity index (χ1v) is 7.79. The Morgan fingerprint density at radius 1 is 1.44 bits per heavy atom. The molecule has 2 rings (SSSR count). The molecule has 1 aliphatic heterocycles. The summed E-state index contributed by atoms with van der Waals surface area (Å²) >= 11 is 0. The normalized spacial score (nSPS) is 26.7. The fourth-order valence-electron chi connectivity index (χ4n) is 2.39. The average Bonchev–Trinajstić information content (AvgIpc) is 2.54. The molecule has 1 aromatic rings. The van der Waals surface area contributed by atoms with Crippen LogP contribution < -0.4 is 0 Å². The first kappa shape index (κ1) is 13.5. The van der Waals surface area contributed by atoms with E-state index in [0.717, 1.165) is 5.56 Å². The van der Waals surface area contributed by atoms with Crippen molar-refractivity contribution in [2.75, 3.05) is 18.6 Å². The van der Waals surface area contributed by atoms with Crippen LogP contribution in [-0.4, -0.2) is 37.4 Å². The van der Waals surface area contributed by atoms with Crippen molar-refractivity contribution in [2.45, 2.75) is 25.4 Å². The molecule has 0 amide bonds. The summed E-state index contributed by atoms with van der Waals surface area (Å²) in [6.45, 7) is 2.51. The van der Waals surface area contributed by atoms with Gasteiger partial charge in [-0.05, 0) is 38.1 Å². The molecule has 1 saturated heterocycles. The predicted octanol–water partition coefficient (Wildman–Crippen LogP) is 1.83. The second-order valence-electron chi connectivity index (χ2n) is 5.32. The zero-order chi connectivity index (χ0) is 13.4. The molecule has 0 spiro atoms. The number of benzene rings is 1. The molecule has 1 aliphatic rings. The number of sulfone groups is 1. The number of hydrogen-bond acceptors (Lipinski definition) is 3. The zero-order valence-corrected chi connectivity index (χ0v) is 11.5. The van der Waals surface area contributed by atoms with E-state index in [9.17, 15) is 12.8 Å². The van der Waals surface area contributed by atoms with Crippen LogP contribution >= 0.6 is 0 Å². The number of nitrogens with zero attached hydrogens (tertiary/aromatic N) is 1. The first-order chi connectivity index (χ1) is 8.31. The smallest absolute Gasteiger partial charge is 0.152 e. The molecule has 1 atom stereocenters. The van der Waals surface area contributed by atoms with Gasteiger partial charge in [0.05, 0.1) is 11.5 Å². The fraction of sp³-hybridized carbons (Fsp3) is 0.538. The Morgan fingerprint density at radius 2 is 2.17 bits per heavy atom. The summed E-state index contributed by atoms with van der Waals surface area (Å²) in [5.41, 5.74) is 0.522. The molecule has 100 valence electrons. The summed E-state index contributed by atoms with van der Waals surface area (Å²) < 4.78 is 36.2. The van der Waals surface area contributed by atoms with Gasteiger partial charge in [0.15, 0.2) is 9.84 Å². The maximum Gasteiger partial charge on any atom is 0.152 e. The SMILES string of the molecule is CN(Cc1cccc(F)c1)[C@]1(C)CCS(=O)(=O)C1. The van der Waals surface area contributed by atoms with Gasteiger partial charge in [-0.1, -0.05) is 12.1 Å². The van der Waals surface area contributed by atoms with Crippen molar-refractivity contribution in [2.24, 2.45) is 0 Å². The van der Waals surface area contributed by atoms with Gasteiger partial charge in [-0.15, -0.1) is 0 Å². The van der Waals surface area contributed by atoms with Crippen molar-refractivity contribution in [1.82, 2.24) is 4.90 Å². The second kappa shape index (κ2) is 4.63. The van der Waals surface area contributed by atoms with Crippen LogP contribution in [0.15, 0.2) is 24.3 Å². The van der Waals surface area contributed by atoms with E-state index >= 15 is 0 Å². The van der Waals surface area contributed by atoms with Crippen LogP contribution in [0.5, 0.6) is 0 Å². The van der Waals surface area contributed by atoms with Crippen LogP contribution in [0.3, 0.4) is 0 Å². The topological polar surface area (TPSA) is 37.4 Å². The quantitative estimate of drug-likeness (QED) is 0.842. The third-order valence-electron chi connectivity index (χ3n) is 3.71. The molecular formula is C13H18FNO2S. The molecule has 0 bridgehead atoms. The predicted molar refractivity (Wildman–Crippen MR) is 69.5 cm³/mol. The number of rotatable bonds is 3. The van der Waals surface area contributed by atoms with E-state index in [1.807, 2.05) is 24.9 Å². The maximum absolute atomic E-state index is 13.1. The minimum Gasteiger partial charge on any atom is -0.296 e. The molecule has 0 unspecified atom stereocenters. The van der Waals surface area contributed by atoms with Crippen molar-refractivity contribution >= 4 is 9.84 Å².